The third-order valence-electron chi connectivity index (χ3n) is 1.79. The van der Waals surface area contributed by atoms with E-state index in [1.165, 1.54) is 0 Å². The molecule has 0 spiro atoms. The summed E-state index contributed by atoms with van der Waals surface area (Å²) in [7, 11) is 0. The van der Waals surface area contributed by atoms with Crippen molar-refractivity contribution in [3.8, 4) is 0 Å². The Bertz CT molecular complexity index is 228. The van der Waals surface area contributed by atoms with Gasteiger partial charge in [0.25, 0.3) is 0 Å². The van der Waals surface area contributed by atoms with Crippen molar-refractivity contribution >= 4 is 12.4 Å². The van der Waals surface area contributed by atoms with Crippen molar-refractivity contribution in [2.24, 2.45) is 5.73 Å². The number of aliphatic hydroxyl groups is 1. The summed E-state index contributed by atoms with van der Waals surface area (Å²) in [5, 5.41) is 9.13. The molecule has 0 amide bonds. The van der Waals surface area contributed by atoms with E-state index in [9.17, 15) is 0 Å². The zero-order valence-corrected chi connectivity index (χ0v) is 8.37. The second kappa shape index (κ2) is 5.91. The highest BCUT2D eigenvalue weighted by atomic mass is 35.5. The number of hydrogen-bond donors (Lipinski definition) is 2. The van der Waals surface area contributed by atoms with Crippen molar-refractivity contribution in [1.29, 1.82) is 0 Å². The van der Waals surface area contributed by atoms with Crippen molar-refractivity contribution in [3.05, 3.63) is 30.1 Å². The molecule has 1 aromatic heterocycles. The lowest BCUT2D eigenvalue weighted by Gasteiger charge is -2.13. The fourth-order valence-electron chi connectivity index (χ4n) is 0.931. The molecule has 13 heavy (non-hydrogen) atoms. The minimum Gasteiger partial charge on any atom is -0.392 e. The SMILES string of the molecule is CC(O)[C@H](N)Cc1ccccn1.Cl. The van der Waals surface area contributed by atoms with E-state index in [0.29, 0.717) is 6.42 Å². The van der Waals surface area contributed by atoms with E-state index in [0.717, 1.165) is 5.69 Å². The third kappa shape index (κ3) is 4.22. The van der Waals surface area contributed by atoms with Gasteiger partial charge in [-0.15, -0.1) is 12.4 Å². The van der Waals surface area contributed by atoms with Gasteiger partial charge in [0.1, 0.15) is 0 Å². The lowest BCUT2D eigenvalue weighted by atomic mass is 10.1. The summed E-state index contributed by atoms with van der Waals surface area (Å²) in [5.74, 6) is 0. The molecule has 0 aromatic carbocycles. The molecule has 0 saturated heterocycles. The van der Waals surface area contributed by atoms with E-state index >= 15 is 0 Å². The van der Waals surface area contributed by atoms with Crippen LogP contribution in [0.3, 0.4) is 0 Å². The molecule has 0 aliphatic carbocycles. The van der Waals surface area contributed by atoms with Gasteiger partial charge in [0.2, 0.25) is 0 Å². The maximum Gasteiger partial charge on any atom is 0.0666 e. The number of nitrogens with two attached hydrogens (primary N) is 1. The first kappa shape index (κ1) is 12.4. The molecule has 4 heteroatoms. The van der Waals surface area contributed by atoms with Gasteiger partial charge >= 0.3 is 0 Å². The molecule has 0 aliphatic heterocycles. The standard InChI is InChI=1S/C9H14N2O.ClH/c1-7(12)9(10)6-8-4-2-3-5-11-8;/h2-5,7,9,12H,6,10H2,1H3;1H/t7?,9-;/m1./s1. The van der Waals surface area contributed by atoms with Crippen LogP contribution in [0, 0.1) is 0 Å². The number of nitrogens with zero attached hydrogens (tertiary/aromatic N) is 1. The number of hydrogen-bond acceptors (Lipinski definition) is 3. The zero-order valence-electron chi connectivity index (χ0n) is 7.55. The Balaban J connectivity index is 0.00000144. The average Bonchev–Trinajstić information content (AvgIpc) is 2.06. The molecule has 1 rings (SSSR count). The van der Waals surface area contributed by atoms with Crippen LogP contribution in [0.5, 0.6) is 0 Å². The largest absolute Gasteiger partial charge is 0.392 e. The topological polar surface area (TPSA) is 59.1 Å². The Labute approximate surface area is 84.4 Å². The normalized spacial score (nSPS) is 14.4. The number of rotatable bonds is 3. The van der Waals surface area contributed by atoms with E-state index in [-0.39, 0.29) is 18.4 Å². The van der Waals surface area contributed by atoms with Crippen LogP contribution in [-0.2, 0) is 6.42 Å². The molecule has 1 heterocycles. The molecule has 1 aromatic rings. The molecule has 3 nitrogen and oxygen atoms in total. The predicted molar refractivity (Wildman–Crippen MR) is 54.8 cm³/mol. The number of aliphatic hydroxyl groups excluding tert-OH is 1. The second-order valence-electron chi connectivity index (χ2n) is 2.93. The van der Waals surface area contributed by atoms with Crippen molar-refractivity contribution in [3.63, 3.8) is 0 Å². The fourth-order valence-corrected chi connectivity index (χ4v) is 0.931. The molecule has 2 atom stereocenters. The van der Waals surface area contributed by atoms with Gasteiger partial charge in [-0.05, 0) is 19.1 Å². The van der Waals surface area contributed by atoms with Crippen LogP contribution in [0.25, 0.3) is 0 Å². The van der Waals surface area contributed by atoms with Gasteiger partial charge in [-0.2, -0.15) is 0 Å². The Kier molecular flexibility index (Phi) is 5.62. The van der Waals surface area contributed by atoms with Crippen molar-refractivity contribution in [1.82, 2.24) is 4.98 Å². The smallest absolute Gasteiger partial charge is 0.0666 e. The van der Waals surface area contributed by atoms with E-state index in [2.05, 4.69) is 4.98 Å². The predicted octanol–water partition coefficient (Wildman–Crippen LogP) is 0.754. The van der Waals surface area contributed by atoms with Gasteiger partial charge in [-0.25, -0.2) is 0 Å². The summed E-state index contributed by atoms with van der Waals surface area (Å²) in [6, 6.07) is 5.45. The molecule has 0 aliphatic rings. The zero-order chi connectivity index (χ0) is 8.97. The molecule has 1 unspecified atom stereocenters. The Hall–Kier alpha value is -0.640. The summed E-state index contributed by atoms with van der Waals surface area (Å²) in [5.41, 5.74) is 6.58. The molecule has 0 saturated carbocycles. The average molecular weight is 203 g/mol. The summed E-state index contributed by atoms with van der Waals surface area (Å²) >= 11 is 0. The van der Waals surface area contributed by atoms with Gasteiger partial charge in [0, 0.05) is 24.4 Å². The van der Waals surface area contributed by atoms with Gasteiger partial charge in [-0.3, -0.25) is 4.98 Å². The van der Waals surface area contributed by atoms with Crippen molar-refractivity contribution in [2.75, 3.05) is 0 Å². The molecule has 0 bridgehead atoms. The van der Waals surface area contributed by atoms with Gasteiger partial charge in [0.05, 0.1) is 6.10 Å². The van der Waals surface area contributed by atoms with Crippen molar-refractivity contribution < 1.29 is 5.11 Å². The van der Waals surface area contributed by atoms with E-state index in [1.807, 2.05) is 18.2 Å². The van der Waals surface area contributed by atoms with Crippen LogP contribution in [0.1, 0.15) is 12.6 Å². The van der Waals surface area contributed by atoms with Gasteiger partial charge < -0.3 is 10.8 Å². The Morgan fingerprint density at radius 2 is 2.23 bits per heavy atom. The highest BCUT2D eigenvalue weighted by Gasteiger charge is 2.09. The summed E-state index contributed by atoms with van der Waals surface area (Å²) < 4.78 is 0. The summed E-state index contributed by atoms with van der Waals surface area (Å²) in [4.78, 5) is 4.11. The minimum absolute atomic E-state index is 0. The Morgan fingerprint density at radius 3 is 2.69 bits per heavy atom. The first-order chi connectivity index (χ1) is 5.70. The Morgan fingerprint density at radius 1 is 1.54 bits per heavy atom. The van der Waals surface area contributed by atoms with E-state index in [4.69, 9.17) is 10.8 Å². The maximum absolute atomic E-state index is 9.13. The van der Waals surface area contributed by atoms with Crippen LogP contribution < -0.4 is 5.73 Å². The lowest BCUT2D eigenvalue weighted by Crippen LogP contribution is -2.34. The first-order valence-electron chi connectivity index (χ1n) is 4.03. The van der Waals surface area contributed by atoms with Gasteiger partial charge in [-0.1, -0.05) is 6.07 Å². The molecular formula is C9H15ClN2O. The highest BCUT2D eigenvalue weighted by molar-refractivity contribution is 5.85. The van der Waals surface area contributed by atoms with Crippen LogP contribution in [-0.4, -0.2) is 22.2 Å². The number of pyridine rings is 1. The summed E-state index contributed by atoms with van der Waals surface area (Å²) in [6.07, 6.45) is 1.87. The van der Waals surface area contributed by atoms with Crippen LogP contribution in [0.4, 0.5) is 0 Å². The molecule has 0 radical (unpaired) electrons. The van der Waals surface area contributed by atoms with E-state index in [1.54, 1.807) is 13.1 Å². The number of aromatic nitrogens is 1. The van der Waals surface area contributed by atoms with Gasteiger partial charge in [0.15, 0.2) is 0 Å². The fraction of sp³-hybridized carbons (Fsp3) is 0.444. The summed E-state index contributed by atoms with van der Waals surface area (Å²) in [6.45, 7) is 1.69. The third-order valence-corrected chi connectivity index (χ3v) is 1.79. The van der Waals surface area contributed by atoms with Crippen LogP contribution in [0.2, 0.25) is 0 Å². The molecule has 3 N–H and O–H groups in total. The molecule has 0 fully saturated rings. The van der Waals surface area contributed by atoms with Crippen LogP contribution in [0.15, 0.2) is 24.4 Å². The quantitative estimate of drug-likeness (QED) is 0.761. The first-order valence-corrected chi connectivity index (χ1v) is 4.03. The minimum atomic E-state index is -0.480. The van der Waals surface area contributed by atoms with Crippen LogP contribution >= 0.6 is 12.4 Å². The molecular weight excluding hydrogens is 188 g/mol. The molecule has 74 valence electrons. The lowest BCUT2D eigenvalue weighted by molar-refractivity contribution is 0.163. The van der Waals surface area contributed by atoms with E-state index < -0.39 is 6.10 Å². The maximum atomic E-state index is 9.13. The van der Waals surface area contributed by atoms with Crippen molar-refractivity contribution in [2.45, 2.75) is 25.5 Å². The monoisotopic (exact) mass is 202 g/mol. The number of halogens is 1. The highest BCUT2D eigenvalue weighted by Crippen LogP contribution is 2.00. The second-order valence-corrected chi connectivity index (χ2v) is 2.93.